The lowest BCUT2D eigenvalue weighted by molar-refractivity contribution is -0.302. The zero-order valence-electron chi connectivity index (χ0n) is 10.4. The van der Waals surface area contributed by atoms with E-state index in [9.17, 15) is 26.3 Å². The van der Waals surface area contributed by atoms with Gasteiger partial charge in [0.15, 0.2) is 0 Å². The van der Waals surface area contributed by atoms with E-state index >= 15 is 0 Å². The molecule has 21 heavy (non-hydrogen) atoms. The number of hydrogen-bond acceptors (Lipinski definition) is 3. The maximum atomic E-state index is 13.5. The fourth-order valence-electron chi connectivity index (χ4n) is 3.20. The topological polar surface area (TPSA) is 29.0 Å². The van der Waals surface area contributed by atoms with Crippen molar-refractivity contribution in [1.29, 1.82) is 0 Å². The van der Waals surface area contributed by atoms with Crippen molar-refractivity contribution in [3.63, 3.8) is 0 Å². The molecule has 2 heterocycles. The minimum Gasteiger partial charge on any atom is -0.312 e. The zero-order chi connectivity index (χ0) is 15.5. The van der Waals surface area contributed by atoms with Crippen LogP contribution in [0.1, 0.15) is 6.42 Å². The Balaban J connectivity index is 2.24. The fourth-order valence-corrected chi connectivity index (χ4v) is 3.20. The second-order valence-electron chi connectivity index (χ2n) is 4.98. The highest BCUT2D eigenvalue weighted by Gasteiger charge is 2.81. The molecule has 9 heteroatoms. The Morgan fingerprint density at radius 3 is 2.10 bits per heavy atom. The predicted octanol–water partition coefficient (Wildman–Crippen LogP) is 3.10. The van der Waals surface area contributed by atoms with Crippen LogP contribution in [0.2, 0.25) is 0 Å². The van der Waals surface area contributed by atoms with E-state index in [2.05, 4.69) is 9.97 Å². The first-order valence-corrected chi connectivity index (χ1v) is 6.07. The average Bonchev–Trinajstić information content (AvgIpc) is 2.96. The van der Waals surface area contributed by atoms with Gasteiger partial charge in [0.05, 0.1) is 6.04 Å². The van der Waals surface area contributed by atoms with Crippen molar-refractivity contribution in [2.75, 3.05) is 4.90 Å². The molecule has 1 fully saturated rings. The molecule has 0 aromatic carbocycles. The van der Waals surface area contributed by atoms with Crippen LogP contribution < -0.4 is 4.90 Å². The van der Waals surface area contributed by atoms with Gasteiger partial charge in [-0.25, -0.2) is 9.97 Å². The lowest BCUT2D eigenvalue weighted by Gasteiger charge is -2.46. The molecule has 2 atom stereocenters. The molecular weight excluding hydrogens is 300 g/mol. The van der Waals surface area contributed by atoms with Gasteiger partial charge in [0.2, 0.25) is 11.5 Å². The highest BCUT2D eigenvalue weighted by molar-refractivity contribution is 5.50. The molecule has 114 valence electrons. The minimum atomic E-state index is -5.49. The maximum Gasteiger partial charge on any atom is 0.421 e. The summed E-state index contributed by atoms with van der Waals surface area (Å²) in [4.78, 5) is 7.43. The van der Waals surface area contributed by atoms with Gasteiger partial charge in [-0.05, 0) is 12.5 Å². The lowest BCUT2D eigenvalue weighted by atomic mass is 9.83. The third-order valence-corrected chi connectivity index (χ3v) is 3.94. The van der Waals surface area contributed by atoms with Gasteiger partial charge in [-0.1, -0.05) is 12.2 Å². The van der Waals surface area contributed by atoms with E-state index in [0.29, 0.717) is 0 Å². The van der Waals surface area contributed by atoms with Gasteiger partial charge < -0.3 is 4.90 Å². The second kappa shape index (κ2) is 4.11. The Hall–Kier alpha value is -1.80. The van der Waals surface area contributed by atoms with E-state index in [0.717, 1.165) is 18.5 Å². The first-order valence-electron chi connectivity index (χ1n) is 6.07. The third-order valence-electron chi connectivity index (χ3n) is 3.94. The molecular formula is C12H9F6N3. The van der Waals surface area contributed by atoms with Crippen molar-refractivity contribution in [1.82, 2.24) is 9.97 Å². The zero-order valence-corrected chi connectivity index (χ0v) is 10.4. The van der Waals surface area contributed by atoms with Gasteiger partial charge in [-0.3, -0.25) is 0 Å². The van der Waals surface area contributed by atoms with E-state index in [1.165, 1.54) is 12.1 Å². The third kappa shape index (κ3) is 1.69. The molecule has 0 unspecified atom stereocenters. The molecule has 2 bridgehead atoms. The summed E-state index contributed by atoms with van der Waals surface area (Å²) in [5.74, 6) is -2.25. The number of fused-ring (bicyclic) bond motifs is 2. The SMILES string of the molecule is FC(F)(F)C1(C(F)(F)F)[C@H]2C=C[C@@H](C2)N1c1ncccn1. The summed E-state index contributed by atoms with van der Waals surface area (Å²) in [5.41, 5.74) is -3.97. The van der Waals surface area contributed by atoms with Crippen molar-refractivity contribution in [2.45, 2.75) is 30.4 Å². The van der Waals surface area contributed by atoms with Crippen molar-refractivity contribution >= 4 is 5.95 Å². The number of rotatable bonds is 1. The Kier molecular flexibility index (Phi) is 2.77. The summed E-state index contributed by atoms with van der Waals surface area (Å²) >= 11 is 0. The summed E-state index contributed by atoms with van der Waals surface area (Å²) in [6, 6.07) is 0.317. The smallest absolute Gasteiger partial charge is 0.312 e. The molecule has 0 radical (unpaired) electrons. The molecule has 0 spiro atoms. The predicted molar refractivity (Wildman–Crippen MR) is 60.4 cm³/mol. The van der Waals surface area contributed by atoms with E-state index in [1.54, 1.807) is 0 Å². The fraction of sp³-hybridized carbons (Fsp3) is 0.500. The summed E-state index contributed by atoms with van der Waals surface area (Å²) in [7, 11) is 0. The molecule has 1 aliphatic heterocycles. The van der Waals surface area contributed by atoms with Crippen LogP contribution in [0.3, 0.4) is 0 Å². The Bertz CT molecular complexity index is 551. The van der Waals surface area contributed by atoms with Crippen LogP contribution in [0.25, 0.3) is 0 Å². The van der Waals surface area contributed by atoms with Crippen LogP contribution in [0.15, 0.2) is 30.6 Å². The Morgan fingerprint density at radius 1 is 1.00 bits per heavy atom. The van der Waals surface area contributed by atoms with Crippen LogP contribution >= 0.6 is 0 Å². The van der Waals surface area contributed by atoms with Crippen LogP contribution in [-0.2, 0) is 0 Å². The molecule has 1 aromatic heterocycles. The molecule has 0 saturated carbocycles. The monoisotopic (exact) mass is 309 g/mol. The number of hydrogen-bond donors (Lipinski definition) is 0. The first kappa shape index (κ1) is 14.2. The van der Waals surface area contributed by atoms with Gasteiger partial charge in [0.25, 0.3) is 0 Å². The van der Waals surface area contributed by atoms with Crippen LogP contribution in [0.5, 0.6) is 0 Å². The van der Waals surface area contributed by atoms with Crippen LogP contribution in [0, 0.1) is 5.92 Å². The van der Waals surface area contributed by atoms with Gasteiger partial charge in [0, 0.05) is 18.3 Å². The molecule has 1 aromatic rings. The highest BCUT2D eigenvalue weighted by atomic mass is 19.4. The van der Waals surface area contributed by atoms with Crippen LogP contribution in [0.4, 0.5) is 32.3 Å². The number of halogens is 6. The van der Waals surface area contributed by atoms with E-state index in [1.807, 2.05) is 0 Å². The largest absolute Gasteiger partial charge is 0.421 e. The number of aromatic nitrogens is 2. The number of nitrogens with zero attached hydrogens (tertiary/aromatic N) is 3. The Labute approximate surface area is 115 Å². The lowest BCUT2D eigenvalue weighted by Crippen LogP contribution is -2.70. The highest BCUT2D eigenvalue weighted by Crippen LogP contribution is 2.60. The van der Waals surface area contributed by atoms with E-state index < -0.39 is 35.8 Å². The normalized spacial score (nSPS) is 27.4. The molecule has 0 N–H and O–H groups in total. The maximum absolute atomic E-state index is 13.5. The van der Waals surface area contributed by atoms with Gasteiger partial charge in [-0.2, -0.15) is 26.3 Å². The van der Waals surface area contributed by atoms with Gasteiger partial charge in [-0.15, -0.1) is 0 Å². The molecule has 1 saturated heterocycles. The summed E-state index contributed by atoms with van der Waals surface area (Å²) < 4.78 is 80.7. The first-order chi connectivity index (χ1) is 9.69. The number of anilines is 1. The quantitative estimate of drug-likeness (QED) is 0.589. The summed E-state index contributed by atoms with van der Waals surface area (Å²) in [5, 5.41) is 0. The molecule has 2 aliphatic rings. The van der Waals surface area contributed by atoms with E-state index in [4.69, 9.17) is 0 Å². The minimum absolute atomic E-state index is 0.253. The molecule has 0 amide bonds. The molecule has 3 nitrogen and oxygen atoms in total. The molecule has 3 rings (SSSR count). The van der Waals surface area contributed by atoms with Crippen LogP contribution in [-0.4, -0.2) is 33.9 Å². The standard InChI is InChI=1S/C12H9F6N3/c13-11(14,15)10(12(16,17)18)7-2-3-8(6-7)21(10)9-19-4-1-5-20-9/h1-5,7-8H,6H2/t7-,8-/m0/s1. The summed E-state index contributed by atoms with van der Waals surface area (Å²) in [6.45, 7) is 0. The van der Waals surface area contributed by atoms with Gasteiger partial charge >= 0.3 is 12.4 Å². The van der Waals surface area contributed by atoms with E-state index in [-0.39, 0.29) is 11.3 Å². The number of alkyl halides is 6. The van der Waals surface area contributed by atoms with Crippen molar-refractivity contribution in [2.24, 2.45) is 5.92 Å². The molecule has 1 aliphatic carbocycles. The van der Waals surface area contributed by atoms with Crippen molar-refractivity contribution < 1.29 is 26.3 Å². The van der Waals surface area contributed by atoms with Crippen molar-refractivity contribution in [3.05, 3.63) is 30.6 Å². The average molecular weight is 309 g/mol. The van der Waals surface area contributed by atoms with Gasteiger partial charge in [0.1, 0.15) is 0 Å². The Morgan fingerprint density at radius 2 is 1.57 bits per heavy atom. The van der Waals surface area contributed by atoms with Crippen molar-refractivity contribution in [3.8, 4) is 0 Å². The summed E-state index contributed by atoms with van der Waals surface area (Å²) in [6.07, 6.45) is -6.66. The second-order valence-corrected chi connectivity index (χ2v) is 4.98.